The fraction of sp³-hybridized carbons (Fsp3) is 0.217. The molecule has 0 aliphatic carbocycles. The van der Waals surface area contributed by atoms with Gasteiger partial charge in [-0.1, -0.05) is 53.0 Å². The number of nitrogens with zero attached hydrogens (tertiary/aromatic N) is 3. The maximum atomic E-state index is 13.6. The zero-order valence-corrected chi connectivity index (χ0v) is 21.4. The third kappa shape index (κ3) is 4.87. The minimum absolute atomic E-state index is 0.0597. The van der Waals surface area contributed by atoms with E-state index < -0.39 is 15.9 Å². The molecule has 0 spiro atoms. The van der Waals surface area contributed by atoms with Crippen LogP contribution in [0, 0.1) is 0 Å². The van der Waals surface area contributed by atoms with E-state index in [9.17, 15) is 13.2 Å². The zero-order valence-electron chi connectivity index (χ0n) is 18.3. The lowest BCUT2D eigenvalue weighted by Gasteiger charge is -2.37. The fourth-order valence-electron chi connectivity index (χ4n) is 3.72. The zero-order chi connectivity index (χ0) is 24.6. The number of nitrogens with one attached hydrogen (secondary N) is 1. The largest absolute Gasteiger partial charge is 0.306 e. The van der Waals surface area contributed by atoms with Gasteiger partial charge >= 0.3 is 0 Å². The number of sulfonamides is 1. The van der Waals surface area contributed by atoms with E-state index >= 15 is 0 Å². The van der Waals surface area contributed by atoms with Crippen molar-refractivity contribution in [3.63, 3.8) is 0 Å². The van der Waals surface area contributed by atoms with Crippen LogP contribution in [0.4, 0.5) is 11.6 Å². The first kappa shape index (κ1) is 24.8. The number of halogens is 3. The lowest BCUT2D eigenvalue weighted by Crippen LogP contribution is -2.48. The van der Waals surface area contributed by atoms with Gasteiger partial charge in [-0.05, 0) is 62.5 Å². The molecule has 2 aromatic carbocycles. The summed E-state index contributed by atoms with van der Waals surface area (Å²) in [5.41, 5.74) is 0.853. The summed E-state index contributed by atoms with van der Waals surface area (Å²) in [5, 5.41) is 3.38. The van der Waals surface area contributed by atoms with Crippen molar-refractivity contribution in [2.45, 2.75) is 17.4 Å². The molecule has 178 valence electrons. The van der Waals surface area contributed by atoms with E-state index in [0.717, 1.165) is 5.56 Å². The number of benzene rings is 2. The van der Waals surface area contributed by atoms with Crippen LogP contribution in [-0.2, 0) is 16.4 Å². The molecule has 4 rings (SSSR count). The van der Waals surface area contributed by atoms with Crippen molar-refractivity contribution in [2.24, 2.45) is 0 Å². The van der Waals surface area contributed by atoms with Gasteiger partial charge in [0, 0.05) is 11.1 Å². The van der Waals surface area contributed by atoms with Crippen molar-refractivity contribution >= 4 is 62.4 Å². The first-order valence-electron chi connectivity index (χ1n) is 10.3. The van der Waals surface area contributed by atoms with Gasteiger partial charge in [-0.25, -0.2) is 17.7 Å². The number of likely N-dealkylation sites (N-methyl/N-ethyl adjacent to an activating group) is 1. The normalized spacial score (nSPS) is 15.8. The van der Waals surface area contributed by atoms with Crippen molar-refractivity contribution in [3.05, 3.63) is 80.8 Å². The molecule has 1 aliphatic heterocycles. The summed E-state index contributed by atoms with van der Waals surface area (Å²) in [7, 11) is -0.174. The summed E-state index contributed by atoms with van der Waals surface area (Å²) in [5.74, 6) is -0.121. The van der Waals surface area contributed by atoms with Crippen LogP contribution in [0.25, 0.3) is 0 Å². The van der Waals surface area contributed by atoms with E-state index in [4.69, 9.17) is 34.8 Å². The molecule has 0 unspecified atom stereocenters. The average Bonchev–Trinajstić information content (AvgIpc) is 2.78. The van der Waals surface area contributed by atoms with E-state index in [1.165, 1.54) is 16.4 Å². The summed E-state index contributed by atoms with van der Waals surface area (Å²) in [6, 6.07) is 14.2. The molecule has 34 heavy (non-hydrogen) atoms. The van der Waals surface area contributed by atoms with Crippen LogP contribution in [0.3, 0.4) is 0 Å². The monoisotopic (exact) mass is 538 g/mol. The number of hydrogen-bond donors (Lipinski definition) is 1. The summed E-state index contributed by atoms with van der Waals surface area (Å²) < 4.78 is 28.5. The molecule has 0 saturated carbocycles. The maximum absolute atomic E-state index is 13.6. The Kier molecular flexibility index (Phi) is 7.07. The van der Waals surface area contributed by atoms with Gasteiger partial charge in [0.2, 0.25) is 0 Å². The smallest absolute Gasteiger partial charge is 0.265 e. The topological polar surface area (TPSA) is 82.6 Å². The molecule has 1 amide bonds. The average molecular weight is 540 g/mol. The van der Waals surface area contributed by atoms with Gasteiger partial charge in [0.1, 0.15) is 11.6 Å². The molecule has 0 bridgehead atoms. The Bertz CT molecular complexity index is 1350. The Balaban J connectivity index is 1.75. The molecule has 2 heterocycles. The highest BCUT2D eigenvalue weighted by atomic mass is 35.5. The molecular formula is C23H21Cl3N4O3S. The first-order chi connectivity index (χ1) is 16.1. The van der Waals surface area contributed by atoms with E-state index in [1.807, 2.05) is 19.0 Å². The predicted molar refractivity (Wildman–Crippen MR) is 136 cm³/mol. The highest BCUT2D eigenvalue weighted by Gasteiger charge is 2.35. The molecule has 1 aliphatic rings. The van der Waals surface area contributed by atoms with E-state index in [1.54, 1.807) is 42.5 Å². The van der Waals surface area contributed by atoms with Crippen molar-refractivity contribution in [2.75, 3.05) is 30.3 Å². The Hall–Kier alpha value is -2.36. The molecule has 0 fully saturated rings. The lowest BCUT2D eigenvalue weighted by molar-refractivity contribution is 0.102. The van der Waals surface area contributed by atoms with Crippen LogP contribution in [-0.4, -0.2) is 50.9 Å². The number of rotatable bonds is 5. The van der Waals surface area contributed by atoms with Crippen LogP contribution >= 0.6 is 34.8 Å². The molecule has 3 aromatic rings. The minimum atomic E-state index is -3.97. The number of pyridine rings is 1. The second-order valence-corrected chi connectivity index (χ2v) is 11.2. The Labute approximate surface area is 213 Å². The molecule has 1 aromatic heterocycles. The van der Waals surface area contributed by atoms with E-state index in [0.29, 0.717) is 11.4 Å². The number of aromatic nitrogens is 1. The predicted octanol–water partition coefficient (Wildman–Crippen LogP) is 4.98. The van der Waals surface area contributed by atoms with Crippen LogP contribution in [0.1, 0.15) is 15.9 Å². The van der Waals surface area contributed by atoms with Crippen molar-refractivity contribution in [3.8, 4) is 0 Å². The summed E-state index contributed by atoms with van der Waals surface area (Å²) in [6.45, 7) is 0.190. The molecule has 7 nitrogen and oxygen atoms in total. The third-order valence-electron chi connectivity index (χ3n) is 5.57. The lowest BCUT2D eigenvalue weighted by atomic mass is 10.0. The second-order valence-electron chi connectivity index (χ2n) is 8.05. The van der Waals surface area contributed by atoms with Gasteiger partial charge in [0.15, 0.2) is 0 Å². The molecule has 0 radical (unpaired) electrons. The number of amides is 1. The van der Waals surface area contributed by atoms with E-state index in [-0.39, 0.29) is 44.7 Å². The van der Waals surface area contributed by atoms with Gasteiger partial charge in [-0.2, -0.15) is 0 Å². The fourth-order valence-corrected chi connectivity index (χ4v) is 6.08. The standard InChI is InChI=1S/C23H21Cl3N4O3S/c1-29(2)16-11-14-9-10-20(28-23(31)21-18(25)7-4-8-19(21)26)27-22(14)30(13-16)34(32,33)17-6-3-5-15(24)12-17/h3-10,12,16H,11,13H2,1-2H3,(H,27,28,31)/t16-/m1/s1. The van der Waals surface area contributed by atoms with Crippen molar-refractivity contribution in [1.82, 2.24) is 9.88 Å². The molecular weight excluding hydrogens is 519 g/mol. The molecule has 11 heteroatoms. The minimum Gasteiger partial charge on any atom is -0.306 e. The van der Waals surface area contributed by atoms with Gasteiger partial charge < -0.3 is 10.2 Å². The maximum Gasteiger partial charge on any atom is 0.265 e. The van der Waals surface area contributed by atoms with E-state index in [2.05, 4.69) is 10.3 Å². The van der Waals surface area contributed by atoms with Gasteiger partial charge in [-0.3, -0.25) is 4.79 Å². The quantitative estimate of drug-likeness (QED) is 0.495. The third-order valence-corrected chi connectivity index (χ3v) is 8.19. The first-order valence-corrected chi connectivity index (χ1v) is 12.9. The Morgan fingerprint density at radius 2 is 1.74 bits per heavy atom. The van der Waals surface area contributed by atoms with Gasteiger partial charge in [0.25, 0.3) is 15.9 Å². The van der Waals surface area contributed by atoms with Gasteiger partial charge in [0.05, 0.1) is 27.0 Å². The molecule has 1 atom stereocenters. The van der Waals surface area contributed by atoms with Crippen molar-refractivity contribution in [1.29, 1.82) is 0 Å². The number of carbonyl (C=O) groups excluding carboxylic acids is 1. The number of anilines is 2. The number of fused-ring (bicyclic) bond motifs is 1. The summed E-state index contributed by atoms with van der Waals surface area (Å²) in [6.07, 6.45) is 0.599. The molecule has 0 saturated heterocycles. The van der Waals surface area contributed by atoms with Crippen LogP contribution in [0.5, 0.6) is 0 Å². The van der Waals surface area contributed by atoms with Crippen LogP contribution in [0.15, 0.2) is 59.5 Å². The Morgan fingerprint density at radius 3 is 2.38 bits per heavy atom. The van der Waals surface area contributed by atoms with Gasteiger partial charge in [-0.15, -0.1) is 0 Å². The van der Waals surface area contributed by atoms with Crippen LogP contribution in [0.2, 0.25) is 15.1 Å². The number of carbonyl (C=O) groups is 1. The highest BCUT2D eigenvalue weighted by molar-refractivity contribution is 7.92. The van der Waals surface area contributed by atoms with Crippen molar-refractivity contribution < 1.29 is 13.2 Å². The highest BCUT2D eigenvalue weighted by Crippen LogP contribution is 2.34. The summed E-state index contributed by atoms with van der Waals surface area (Å²) >= 11 is 18.4. The number of hydrogen-bond acceptors (Lipinski definition) is 5. The SMILES string of the molecule is CN(C)[C@@H]1Cc2ccc(NC(=O)c3c(Cl)cccc3Cl)nc2N(S(=O)(=O)c2cccc(Cl)c2)C1. The molecule has 1 N–H and O–H groups in total. The van der Waals surface area contributed by atoms with Crippen LogP contribution < -0.4 is 9.62 Å². The second kappa shape index (κ2) is 9.71. The summed E-state index contributed by atoms with van der Waals surface area (Å²) in [4.78, 5) is 19.4. The Morgan fingerprint density at radius 1 is 1.06 bits per heavy atom.